The van der Waals surface area contributed by atoms with Gasteiger partial charge in [-0.15, -0.1) is 0 Å². The molecule has 2 N–H and O–H groups in total. The Kier molecular flexibility index (Phi) is 5.00. The summed E-state index contributed by atoms with van der Waals surface area (Å²) in [7, 11) is -2.11. The minimum atomic E-state index is -3.83. The first-order valence-corrected chi connectivity index (χ1v) is 8.32. The van der Waals surface area contributed by atoms with Crippen molar-refractivity contribution < 1.29 is 12.6 Å². The first-order chi connectivity index (χ1) is 9.88. The first kappa shape index (κ1) is 16.0. The molecule has 2 aromatic carbocycles. The molecule has 0 heterocycles. The molecule has 0 unspecified atom stereocenters. The molecule has 0 atom stereocenters. The normalized spacial score (nSPS) is 11.6. The van der Waals surface area contributed by atoms with Crippen LogP contribution in [0.2, 0.25) is 0 Å². The van der Waals surface area contributed by atoms with Gasteiger partial charge in [0.1, 0.15) is 10.6 Å². The molecule has 0 saturated heterocycles. The molecule has 0 radical (unpaired) electrons. The number of hydrogen-bond acceptors (Lipinski definition) is 5. The van der Waals surface area contributed by atoms with Gasteiger partial charge in [0.2, 0.25) is 0 Å². The summed E-state index contributed by atoms with van der Waals surface area (Å²) in [5, 5.41) is 1.50. The molecular formula is C14H15BrN2O3S. The molecule has 0 spiro atoms. The SMILES string of the molecule is CN(N)Cc1cc(OS(=O)(=O)c2ccccc2)ccc1Br. The summed E-state index contributed by atoms with van der Waals surface area (Å²) in [4.78, 5) is 0.116. The van der Waals surface area contributed by atoms with Crippen LogP contribution in [0.1, 0.15) is 5.56 Å². The third-order valence-electron chi connectivity index (χ3n) is 2.67. The fraction of sp³-hybridized carbons (Fsp3) is 0.143. The highest BCUT2D eigenvalue weighted by atomic mass is 79.9. The number of nitrogens with two attached hydrogens (primary N) is 1. The molecule has 0 saturated carbocycles. The van der Waals surface area contributed by atoms with E-state index in [2.05, 4.69) is 15.9 Å². The monoisotopic (exact) mass is 370 g/mol. The lowest BCUT2D eigenvalue weighted by molar-refractivity contribution is 0.340. The zero-order valence-corrected chi connectivity index (χ0v) is 13.8. The number of hydrogen-bond donors (Lipinski definition) is 1. The van der Waals surface area contributed by atoms with Gasteiger partial charge >= 0.3 is 10.1 Å². The summed E-state index contributed by atoms with van der Waals surface area (Å²) >= 11 is 3.40. The molecule has 2 aromatic rings. The Labute approximate surface area is 132 Å². The highest BCUT2D eigenvalue weighted by Crippen LogP contribution is 2.25. The summed E-state index contributed by atoms with van der Waals surface area (Å²) in [5.74, 6) is 5.86. The zero-order chi connectivity index (χ0) is 15.5. The maximum absolute atomic E-state index is 12.2. The van der Waals surface area contributed by atoms with Gasteiger partial charge in [-0.05, 0) is 35.9 Å². The van der Waals surface area contributed by atoms with E-state index < -0.39 is 10.1 Å². The van der Waals surface area contributed by atoms with Crippen LogP contribution in [0.15, 0.2) is 57.9 Å². The Bertz CT molecular complexity index is 718. The maximum atomic E-state index is 12.2. The minimum Gasteiger partial charge on any atom is -0.379 e. The third-order valence-corrected chi connectivity index (χ3v) is 4.71. The van der Waals surface area contributed by atoms with Gasteiger partial charge in [0, 0.05) is 18.1 Å². The molecule has 0 aromatic heterocycles. The highest BCUT2D eigenvalue weighted by molar-refractivity contribution is 9.10. The van der Waals surface area contributed by atoms with Crippen LogP contribution in [-0.4, -0.2) is 20.5 Å². The molecule has 7 heteroatoms. The molecule has 112 valence electrons. The van der Waals surface area contributed by atoms with Gasteiger partial charge in [0.05, 0.1) is 0 Å². The van der Waals surface area contributed by atoms with Crippen LogP contribution in [0.3, 0.4) is 0 Å². The lowest BCUT2D eigenvalue weighted by atomic mass is 10.2. The van der Waals surface area contributed by atoms with Crippen molar-refractivity contribution in [2.45, 2.75) is 11.4 Å². The van der Waals surface area contributed by atoms with Crippen LogP contribution in [0.25, 0.3) is 0 Å². The van der Waals surface area contributed by atoms with E-state index in [1.165, 1.54) is 17.1 Å². The largest absolute Gasteiger partial charge is 0.379 e. The first-order valence-electron chi connectivity index (χ1n) is 6.12. The molecule has 21 heavy (non-hydrogen) atoms. The summed E-state index contributed by atoms with van der Waals surface area (Å²) in [6.07, 6.45) is 0. The average Bonchev–Trinajstić information content (AvgIpc) is 2.43. The van der Waals surface area contributed by atoms with Crippen molar-refractivity contribution in [1.82, 2.24) is 5.01 Å². The predicted molar refractivity (Wildman–Crippen MR) is 84.1 cm³/mol. The lowest BCUT2D eigenvalue weighted by Gasteiger charge is -2.13. The van der Waals surface area contributed by atoms with E-state index in [0.29, 0.717) is 6.54 Å². The van der Waals surface area contributed by atoms with Crippen molar-refractivity contribution in [3.05, 3.63) is 58.6 Å². The predicted octanol–water partition coefficient (Wildman–Crippen LogP) is 2.52. The number of rotatable bonds is 5. The number of hydrazine groups is 1. The van der Waals surface area contributed by atoms with Crippen molar-refractivity contribution in [3.8, 4) is 5.75 Å². The molecule has 0 fully saturated rings. The summed E-state index contributed by atoms with van der Waals surface area (Å²) in [5.41, 5.74) is 0.834. The molecule has 0 aliphatic carbocycles. The fourth-order valence-electron chi connectivity index (χ4n) is 1.75. The fourth-order valence-corrected chi connectivity index (χ4v) is 3.07. The summed E-state index contributed by atoms with van der Waals surface area (Å²) in [6, 6.07) is 13.0. The summed E-state index contributed by atoms with van der Waals surface area (Å²) in [6.45, 7) is 0.461. The molecular weight excluding hydrogens is 356 g/mol. The number of benzene rings is 2. The molecule has 0 bridgehead atoms. The zero-order valence-electron chi connectivity index (χ0n) is 11.4. The van der Waals surface area contributed by atoms with Gasteiger partial charge in [-0.3, -0.25) is 5.84 Å². The highest BCUT2D eigenvalue weighted by Gasteiger charge is 2.16. The second-order valence-corrected chi connectivity index (χ2v) is 6.92. The van der Waals surface area contributed by atoms with Crippen molar-refractivity contribution in [3.63, 3.8) is 0 Å². The van der Waals surface area contributed by atoms with Crippen molar-refractivity contribution in [2.24, 2.45) is 5.84 Å². The summed E-state index contributed by atoms with van der Waals surface area (Å²) < 4.78 is 30.3. The van der Waals surface area contributed by atoms with E-state index >= 15 is 0 Å². The van der Waals surface area contributed by atoms with E-state index in [-0.39, 0.29) is 10.6 Å². The molecule has 0 amide bonds. The van der Waals surface area contributed by atoms with Gasteiger partial charge in [-0.2, -0.15) is 8.42 Å². The Morgan fingerprint density at radius 2 is 1.86 bits per heavy atom. The van der Waals surface area contributed by atoms with Crippen LogP contribution in [0, 0.1) is 0 Å². The van der Waals surface area contributed by atoms with Crippen LogP contribution in [-0.2, 0) is 16.7 Å². The standard InChI is InChI=1S/C14H15BrN2O3S/c1-17(16)10-11-9-12(7-8-14(11)15)20-21(18,19)13-5-3-2-4-6-13/h2-9H,10,16H2,1H3. The van der Waals surface area contributed by atoms with Gasteiger partial charge in [0.25, 0.3) is 0 Å². The Hall–Kier alpha value is -1.41. The van der Waals surface area contributed by atoms with Crippen LogP contribution in [0.4, 0.5) is 0 Å². The van der Waals surface area contributed by atoms with Gasteiger partial charge in [0.15, 0.2) is 0 Å². The van der Waals surface area contributed by atoms with Crippen molar-refractivity contribution in [2.75, 3.05) is 7.05 Å². The van der Waals surface area contributed by atoms with E-state index in [1.54, 1.807) is 43.4 Å². The Morgan fingerprint density at radius 3 is 2.48 bits per heavy atom. The maximum Gasteiger partial charge on any atom is 0.339 e. The molecule has 2 rings (SSSR count). The lowest BCUT2D eigenvalue weighted by Crippen LogP contribution is -2.25. The van der Waals surface area contributed by atoms with Crippen molar-refractivity contribution >= 4 is 26.0 Å². The second-order valence-electron chi connectivity index (χ2n) is 4.52. The van der Waals surface area contributed by atoms with E-state index in [4.69, 9.17) is 10.0 Å². The van der Waals surface area contributed by atoms with Gasteiger partial charge in [-0.25, -0.2) is 5.01 Å². The van der Waals surface area contributed by atoms with E-state index in [1.807, 2.05) is 0 Å². The molecule has 0 aliphatic heterocycles. The van der Waals surface area contributed by atoms with Crippen LogP contribution < -0.4 is 10.0 Å². The average molecular weight is 371 g/mol. The molecule has 0 aliphatic rings. The quantitative estimate of drug-likeness (QED) is 0.497. The Morgan fingerprint density at radius 1 is 1.19 bits per heavy atom. The third kappa shape index (κ3) is 4.28. The minimum absolute atomic E-state index is 0.116. The second kappa shape index (κ2) is 6.57. The molecule has 5 nitrogen and oxygen atoms in total. The smallest absolute Gasteiger partial charge is 0.339 e. The Balaban J connectivity index is 2.28. The van der Waals surface area contributed by atoms with Gasteiger partial charge in [-0.1, -0.05) is 34.1 Å². The van der Waals surface area contributed by atoms with Gasteiger partial charge < -0.3 is 4.18 Å². The van der Waals surface area contributed by atoms with E-state index in [9.17, 15) is 8.42 Å². The number of nitrogens with zero attached hydrogens (tertiary/aromatic N) is 1. The number of halogens is 1. The topological polar surface area (TPSA) is 72.6 Å². The van der Waals surface area contributed by atoms with E-state index in [0.717, 1.165) is 10.0 Å². The van der Waals surface area contributed by atoms with Crippen molar-refractivity contribution in [1.29, 1.82) is 0 Å². The van der Waals surface area contributed by atoms with Crippen LogP contribution in [0.5, 0.6) is 5.75 Å². The van der Waals surface area contributed by atoms with Crippen LogP contribution >= 0.6 is 15.9 Å².